The fourth-order valence-electron chi connectivity index (χ4n) is 2.31. The summed E-state index contributed by atoms with van der Waals surface area (Å²) in [5, 5.41) is 6.14. The highest BCUT2D eigenvalue weighted by molar-refractivity contribution is 5.87. The predicted octanol–water partition coefficient (Wildman–Crippen LogP) is 2.49. The summed E-state index contributed by atoms with van der Waals surface area (Å²) in [5.41, 5.74) is 0. The second-order valence-electron chi connectivity index (χ2n) is 6.49. The molecule has 2 unspecified atom stereocenters. The molecule has 0 aromatic heterocycles. The van der Waals surface area contributed by atoms with E-state index in [-0.39, 0.29) is 23.8 Å². The third-order valence-corrected chi connectivity index (χ3v) is 3.76. The minimum absolute atomic E-state index is 0.00577. The number of carbonyl (C=O) groups excluding carboxylic acids is 2. The van der Waals surface area contributed by atoms with Crippen LogP contribution in [0.3, 0.4) is 0 Å². The number of nitrogens with one attached hydrogen (secondary N) is 2. The topological polar surface area (TPSA) is 67.4 Å². The van der Waals surface area contributed by atoms with E-state index in [1.165, 1.54) is 26.4 Å². The molecule has 0 heterocycles. The van der Waals surface area contributed by atoms with Crippen molar-refractivity contribution >= 4 is 11.9 Å². The fraction of sp³-hybridized carbons (Fsp3) is 0.882. The van der Waals surface area contributed by atoms with E-state index in [4.69, 9.17) is 4.74 Å². The number of hydrogen-bond donors (Lipinski definition) is 2. The van der Waals surface area contributed by atoms with Gasteiger partial charge in [-0.3, -0.25) is 4.79 Å². The number of esters is 1. The summed E-state index contributed by atoms with van der Waals surface area (Å²) in [5.74, 6) is -0.367. The van der Waals surface area contributed by atoms with Crippen LogP contribution in [0.4, 0.5) is 0 Å². The van der Waals surface area contributed by atoms with Gasteiger partial charge in [-0.05, 0) is 24.8 Å². The van der Waals surface area contributed by atoms with E-state index in [2.05, 4.69) is 17.6 Å². The van der Waals surface area contributed by atoms with Crippen LogP contribution >= 0.6 is 0 Å². The number of hydrogen-bond acceptors (Lipinski definition) is 4. The van der Waals surface area contributed by atoms with Gasteiger partial charge in [0.25, 0.3) is 0 Å². The van der Waals surface area contributed by atoms with E-state index >= 15 is 0 Å². The number of ether oxygens (including phenoxy) is 1. The largest absolute Gasteiger partial charge is 0.467 e. The highest BCUT2D eigenvalue weighted by Gasteiger charge is 2.29. The van der Waals surface area contributed by atoms with Crippen molar-refractivity contribution in [3.63, 3.8) is 0 Å². The third kappa shape index (κ3) is 7.78. The van der Waals surface area contributed by atoms with E-state index in [1.54, 1.807) is 0 Å². The van der Waals surface area contributed by atoms with Crippen LogP contribution in [0, 0.1) is 11.8 Å². The Kier molecular flexibility index (Phi) is 10.9. The lowest BCUT2D eigenvalue weighted by atomic mass is 10.00. The molecule has 0 aromatic rings. The Morgan fingerprint density at radius 1 is 0.955 bits per heavy atom. The van der Waals surface area contributed by atoms with Crippen LogP contribution in [0.5, 0.6) is 0 Å². The first-order chi connectivity index (χ1) is 10.3. The number of rotatable bonds is 11. The molecule has 5 nitrogen and oxygen atoms in total. The van der Waals surface area contributed by atoms with Gasteiger partial charge in [-0.15, -0.1) is 0 Å². The highest BCUT2D eigenvalue weighted by Crippen LogP contribution is 2.08. The van der Waals surface area contributed by atoms with Gasteiger partial charge >= 0.3 is 5.97 Å². The lowest BCUT2D eigenvalue weighted by Crippen LogP contribution is -2.54. The molecule has 5 heteroatoms. The van der Waals surface area contributed by atoms with Gasteiger partial charge in [0, 0.05) is 0 Å². The Morgan fingerprint density at radius 2 is 1.55 bits per heavy atom. The quantitative estimate of drug-likeness (QED) is 0.454. The minimum atomic E-state index is -0.597. The van der Waals surface area contributed by atoms with Crippen molar-refractivity contribution in [3.05, 3.63) is 0 Å². The summed E-state index contributed by atoms with van der Waals surface area (Å²) in [6, 6.07) is -0.881. The van der Waals surface area contributed by atoms with Crippen LogP contribution < -0.4 is 10.6 Å². The molecular formula is C17H34N2O3. The molecule has 0 spiro atoms. The van der Waals surface area contributed by atoms with Crippen LogP contribution in [-0.4, -0.2) is 37.6 Å². The number of amides is 1. The molecule has 2 atom stereocenters. The Balaban J connectivity index is 4.54. The van der Waals surface area contributed by atoms with Gasteiger partial charge in [-0.2, -0.15) is 0 Å². The SMILES string of the molecule is CCCCCCNC(C(=O)NC(C(=O)OC)C(C)C)C(C)C. The maximum Gasteiger partial charge on any atom is 0.328 e. The van der Waals surface area contributed by atoms with E-state index in [0.717, 1.165) is 13.0 Å². The predicted molar refractivity (Wildman–Crippen MR) is 89.6 cm³/mol. The van der Waals surface area contributed by atoms with Gasteiger partial charge in [0.15, 0.2) is 0 Å². The average Bonchev–Trinajstić information content (AvgIpc) is 2.46. The van der Waals surface area contributed by atoms with Crippen LogP contribution in [0.15, 0.2) is 0 Å². The smallest absolute Gasteiger partial charge is 0.328 e. The summed E-state index contributed by atoms with van der Waals surface area (Å²) in [7, 11) is 1.34. The molecule has 0 saturated carbocycles. The van der Waals surface area contributed by atoms with Gasteiger partial charge in [0.2, 0.25) is 5.91 Å². The monoisotopic (exact) mass is 314 g/mol. The zero-order valence-corrected chi connectivity index (χ0v) is 15.1. The molecule has 22 heavy (non-hydrogen) atoms. The maximum atomic E-state index is 12.5. The number of methoxy groups -OCH3 is 1. The van der Waals surface area contributed by atoms with E-state index in [0.29, 0.717) is 0 Å². The van der Waals surface area contributed by atoms with Gasteiger partial charge in [0.1, 0.15) is 6.04 Å². The van der Waals surface area contributed by atoms with Crippen molar-refractivity contribution in [3.8, 4) is 0 Å². The molecule has 0 radical (unpaired) electrons. The average molecular weight is 314 g/mol. The normalized spacial score (nSPS) is 14.0. The van der Waals surface area contributed by atoms with Crippen molar-refractivity contribution in [2.75, 3.05) is 13.7 Å². The molecule has 130 valence electrons. The maximum absolute atomic E-state index is 12.5. The molecule has 0 saturated heterocycles. The fourth-order valence-corrected chi connectivity index (χ4v) is 2.31. The Labute approximate surface area is 135 Å². The summed E-state index contributed by atoms with van der Waals surface area (Å²) < 4.78 is 4.77. The van der Waals surface area contributed by atoms with Crippen molar-refractivity contribution in [2.45, 2.75) is 72.4 Å². The summed E-state index contributed by atoms with van der Waals surface area (Å²) in [4.78, 5) is 24.2. The molecular weight excluding hydrogens is 280 g/mol. The van der Waals surface area contributed by atoms with Crippen LogP contribution in [-0.2, 0) is 14.3 Å². The van der Waals surface area contributed by atoms with Crippen molar-refractivity contribution in [1.29, 1.82) is 0 Å². The van der Waals surface area contributed by atoms with Crippen molar-refractivity contribution in [2.24, 2.45) is 11.8 Å². The summed E-state index contributed by atoms with van der Waals surface area (Å²) in [6.07, 6.45) is 4.66. The second kappa shape index (κ2) is 11.5. The Bertz CT molecular complexity index is 330. The lowest BCUT2D eigenvalue weighted by molar-refractivity contribution is -0.146. The van der Waals surface area contributed by atoms with Gasteiger partial charge < -0.3 is 15.4 Å². The van der Waals surface area contributed by atoms with E-state index < -0.39 is 12.0 Å². The van der Waals surface area contributed by atoms with Crippen LogP contribution in [0.1, 0.15) is 60.3 Å². The standard InChI is InChI=1S/C17H34N2O3/c1-7-8-9-10-11-18-14(12(2)3)16(20)19-15(13(4)5)17(21)22-6/h12-15,18H,7-11H2,1-6H3,(H,19,20). The van der Waals surface area contributed by atoms with Crippen LogP contribution in [0.25, 0.3) is 0 Å². The summed E-state index contributed by atoms with van der Waals surface area (Å²) in [6.45, 7) is 10.8. The molecule has 0 aromatic carbocycles. The molecule has 2 N–H and O–H groups in total. The first kappa shape index (κ1) is 20.9. The van der Waals surface area contributed by atoms with Crippen molar-refractivity contribution in [1.82, 2.24) is 10.6 Å². The number of carbonyl (C=O) groups is 2. The lowest BCUT2D eigenvalue weighted by Gasteiger charge is -2.26. The molecule has 1 amide bonds. The molecule has 0 aliphatic carbocycles. The minimum Gasteiger partial charge on any atom is -0.467 e. The summed E-state index contributed by atoms with van der Waals surface area (Å²) >= 11 is 0. The van der Waals surface area contributed by atoms with E-state index in [9.17, 15) is 9.59 Å². The van der Waals surface area contributed by atoms with E-state index in [1.807, 2.05) is 27.7 Å². The molecule has 0 fully saturated rings. The van der Waals surface area contributed by atoms with Gasteiger partial charge in [-0.25, -0.2) is 4.79 Å². The van der Waals surface area contributed by atoms with Gasteiger partial charge in [0.05, 0.1) is 13.2 Å². The second-order valence-corrected chi connectivity index (χ2v) is 6.49. The molecule has 0 aliphatic rings. The first-order valence-electron chi connectivity index (χ1n) is 8.46. The van der Waals surface area contributed by atoms with Crippen LogP contribution in [0.2, 0.25) is 0 Å². The Hall–Kier alpha value is -1.10. The number of unbranched alkanes of at least 4 members (excludes halogenated alkanes) is 3. The van der Waals surface area contributed by atoms with Crippen molar-refractivity contribution < 1.29 is 14.3 Å². The molecule has 0 aliphatic heterocycles. The zero-order valence-electron chi connectivity index (χ0n) is 15.1. The molecule has 0 bridgehead atoms. The zero-order chi connectivity index (χ0) is 17.1. The van der Waals surface area contributed by atoms with Gasteiger partial charge in [-0.1, -0.05) is 53.9 Å². The Morgan fingerprint density at radius 3 is 2.00 bits per heavy atom. The third-order valence-electron chi connectivity index (χ3n) is 3.76. The highest BCUT2D eigenvalue weighted by atomic mass is 16.5. The first-order valence-corrected chi connectivity index (χ1v) is 8.46. The molecule has 0 rings (SSSR count).